The number of carbonyl (C=O) groups excluding carboxylic acids is 1. The van der Waals surface area contributed by atoms with Gasteiger partial charge < -0.3 is 4.90 Å². The molecule has 2 aliphatic rings. The molecule has 144 valence electrons. The molecule has 26 heavy (non-hydrogen) atoms. The molecule has 0 N–H and O–H groups in total. The molecule has 2 atom stereocenters. The number of amides is 1. The van der Waals surface area contributed by atoms with Gasteiger partial charge in [-0.15, -0.1) is 0 Å². The Hall–Kier alpha value is -1.44. The van der Waals surface area contributed by atoms with Crippen molar-refractivity contribution in [3.8, 4) is 0 Å². The average Bonchev–Trinajstić information content (AvgIpc) is 2.88. The summed E-state index contributed by atoms with van der Waals surface area (Å²) in [4.78, 5) is 17.4. The largest absolute Gasteiger partial charge is 0.348 e. The minimum absolute atomic E-state index is 0.110. The number of rotatable bonds is 4. The minimum atomic E-state index is -3.52. The summed E-state index contributed by atoms with van der Waals surface area (Å²) in [5.74, 6) is 0.136. The summed E-state index contributed by atoms with van der Waals surface area (Å²) in [6, 6.07) is 8.69. The number of sulfonamides is 1. The number of hydrogen-bond donors (Lipinski definition) is 0. The highest BCUT2D eigenvalue weighted by atomic mass is 32.2. The first-order chi connectivity index (χ1) is 12.3. The van der Waals surface area contributed by atoms with Gasteiger partial charge in [0.15, 0.2) is 0 Å². The molecule has 1 amide bonds. The van der Waals surface area contributed by atoms with Crippen molar-refractivity contribution < 1.29 is 13.2 Å². The van der Waals surface area contributed by atoms with Crippen molar-refractivity contribution in [1.29, 1.82) is 0 Å². The predicted octanol–water partition coefficient (Wildman–Crippen LogP) is 1.64. The van der Waals surface area contributed by atoms with Gasteiger partial charge >= 0.3 is 0 Å². The molecule has 6 nitrogen and oxygen atoms in total. The summed E-state index contributed by atoms with van der Waals surface area (Å²) >= 11 is 0. The van der Waals surface area contributed by atoms with E-state index in [1.165, 1.54) is 0 Å². The molecular formula is C19H29N3O3S. The number of carbonyl (C=O) groups is 1. The van der Waals surface area contributed by atoms with Crippen LogP contribution in [0.4, 0.5) is 0 Å². The lowest BCUT2D eigenvalue weighted by molar-refractivity contribution is -0.141. The zero-order chi connectivity index (χ0) is 18.9. The number of nitrogens with zero attached hydrogens (tertiary/aromatic N) is 3. The number of fused-ring (bicyclic) bond motifs is 1. The van der Waals surface area contributed by atoms with Crippen molar-refractivity contribution in [2.75, 3.05) is 40.3 Å². The third-order valence-electron chi connectivity index (χ3n) is 6.00. The van der Waals surface area contributed by atoms with Gasteiger partial charge in [0.05, 0.1) is 10.3 Å². The topological polar surface area (TPSA) is 60.9 Å². The fraction of sp³-hybridized carbons (Fsp3) is 0.632. The van der Waals surface area contributed by atoms with Crippen LogP contribution in [-0.2, 0) is 14.8 Å². The maximum atomic E-state index is 13.1. The molecule has 1 aromatic carbocycles. The maximum Gasteiger partial charge on any atom is 0.243 e. The molecule has 3 rings (SSSR count). The van der Waals surface area contributed by atoms with Crippen molar-refractivity contribution in [2.24, 2.45) is 5.41 Å². The average molecular weight is 380 g/mol. The van der Waals surface area contributed by atoms with Crippen LogP contribution in [0.2, 0.25) is 0 Å². The zero-order valence-electron chi connectivity index (χ0n) is 15.9. The van der Waals surface area contributed by atoms with E-state index in [1.807, 2.05) is 6.07 Å². The van der Waals surface area contributed by atoms with E-state index in [0.717, 1.165) is 19.5 Å². The van der Waals surface area contributed by atoms with Crippen molar-refractivity contribution >= 4 is 15.9 Å². The van der Waals surface area contributed by atoms with E-state index >= 15 is 0 Å². The number of benzene rings is 1. The summed E-state index contributed by atoms with van der Waals surface area (Å²) in [5, 5.41) is 0. The van der Waals surface area contributed by atoms with Gasteiger partial charge in [0.25, 0.3) is 0 Å². The summed E-state index contributed by atoms with van der Waals surface area (Å²) in [6.07, 6.45) is 2.08. The first-order valence-electron chi connectivity index (χ1n) is 9.34. The van der Waals surface area contributed by atoms with E-state index in [-0.39, 0.29) is 11.9 Å². The molecule has 0 bridgehead atoms. The first kappa shape index (κ1) is 19.3. The maximum absolute atomic E-state index is 13.1. The van der Waals surface area contributed by atoms with Crippen molar-refractivity contribution in [3.05, 3.63) is 30.3 Å². The van der Waals surface area contributed by atoms with Gasteiger partial charge in [0.2, 0.25) is 15.9 Å². The van der Waals surface area contributed by atoms with E-state index in [1.54, 1.807) is 47.6 Å². The van der Waals surface area contributed by atoms with Crippen LogP contribution in [-0.4, -0.2) is 74.7 Å². The van der Waals surface area contributed by atoms with Gasteiger partial charge in [-0.1, -0.05) is 25.1 Å². The SMILES string of the molecule is CCN1CC[C@@]2(C(=O)N(C)C)CCN(S(=O)(=O)c3ccccc3)CC[C@@H]12. The van der Waals surface area contributed by atoms with Crippen molar-refractivity contribution in [3.63, 3.8) is 0 Å². The minimum Gasteiger partial charge on any atom is -0.348 e. The Kier molecular flexibility index (Phi) is 5.42. The lowest BCUT2D eigenvalue weighted by Crippen LogP contribution is -2.49. The van der Waals surface area contributed by atoms with E-state index in [2.05, 4.69) is 11.8 Å². The Labute approximate surface area is 156 Å². The van der Waals surface area contributed by atoms with Crippen LogP contribution in [0, 0.1) is 5.41 Å². The molecular weight excluding hydrogens is 350 g/mol. The van der Waals surface area contributed by atoms with E-state index < -0.39 is 15.4 Å². The van der Waals surface area contributed by atoms with Crippen LogP contribution in [0.25, 0.3) is 0 Å². The highest BCUT2D eigenvalue weighted by Crippen LogP contribution is 2.45. The highest BCUT2D eigenvalue weighted by Gasteiger charge is 2.54. The molecule has 2 saturated heterocycles. The lowest BCUT2D eigenvalue weighted by Gasteiger charge is -2.37. The van der Waals surface area contributed by atoms with Crippen molar-refractivity contribution in [2.45, 2.75) is 37.1 Å². The summed E-state index contributed by atoms with van der Waals surface area (Å²) in [5.41, 5.74) is -0.472. The highest BCUT2D eigenvalue weighted by molar-refractivity contribution is 7.89. The van der Waals surface area contributed by atoms with Gasteiger partial charge in [-0.3, -0.25) is 9.69 Å². The first-order valence-corrected chi connectivity index (χ1v) is 10.8. The van der Waals surface area contributed by atoms with Crippen LogP contribution >= 0.6 is 0 Å². The number of hydrogen-bond acceptors (Lipinski definition) is 4. The molecule has 0 unspecified atom stereocenters. The summed E-state index contributed by atoms with van der Waals surface area (Å²) in [7, 11) is 0.0721. The standard InChI is InChI=1S/C19H29N3O3S/c1-4-21-14-11-19(18(23)20(2)3)12-15-22(13-10-17(19)21)26(24,25)16-8-6-5-7-9-16/h5-9,17H,4,10-15H2,1-3H3/t17-,19-/m1/s1. The quantitative estimate of drug-likeness (QED) is 0.798. The Balaban J connectivity index is 1.91. The Morgan fingerprint density at radius 3 is 2.42 bits per heavy atom. The normalized spacial score (nSPS) is 27.7. The van der Waals surface area contributed by atoms with Gasteiger partial charge in [0, 0.05) is 33.2 Å². The second-order valence-electron chi connectivity index (χ2n) is 7.51. The molecule has 7 heteroatoms. The summed E-state index contributed by atoms with van der Waals surface area (Å²) < 4.78 is 27.6. The fourth-order valence-corrected chi connectivity index (χ4v) is 6.11. The van der Waals surface area contributed by atoms with E-state index in [0.29, 0.717) is 30.8 Å². The fourth-order valence-electron chi connectivity index (χ4n) is 4.63. The lowest BCUT2D eigenvalue weighted by atomic mass is 9.75. The molecule has 0 aromatic heterocycles. The van der Waals surface area contributed by atoms with E-state index in [9.17, 15) is 13.2 Å². The van der Waals surface area contributed by atoms with Gasteiger partial charge in [-0.05, 0) is 44.5 Å². The van der Waals surface area contributed by atoms with Gasteiger partial charge in [0.1, 0.15) is 0 Å². The monoisotopic (exact) mass is 379 g/mol. The van der Waals surface area contributed by atoms with Crippen molar-refractivity contribution in [1.82, 2.24) is 14.1 Å². The second kappa shape index (κ2) is 7.29. The molecule has 2 fully saturated rings. The molecule has 0 saturated carbocycles. The third kappa shape index (κ3) is 3.17. The molecule has 2 aliphatic heterocycles. The Morgan fingerprint density at radius 2 is 1.81 bits per heavy atom. The molecule has 0 spiro atoms. The summed E-state index contributed by atoms with van der Waals surface area (Å²) in [6.45, 7) is 4.76. The van der Waals surface area contributed by atoms with Crippen LogP contribution in [0.3, 0.4) is 0 Å². The molecule has 2 heterocycles. The van der Waals surface area contributed by atoms with E-state index in [4.69, 9.17) is 0 Å². The van der Waals surface area contributed by atoms with Crippen LogP contribution < -0.4 is 0 Å². The molecule has 1 aromatic rings. The zero-order valence-corrected chi connectivity index (χ0v) is 16.7. The van der Waals surface area contributed by atoms with Gasteiger partial charge in [-0.25, -0.2) is 8.42 Å². The molecule has 0 aliphatic carbocycles. The smallest absolute Gasteiger partial charge is 0.243 e. The van der Waals surface area contributed by atoms with Crippen LogP contribution in [0.15, 0.2) is 35.2 Å². The number of likely N-dealkylation sites (tertiary alicyclic amines) is 1. The Bertz CT molecular complexity index is 751. The third-order valence-corrected chi connectivity index (χ3v) is 7.92. The predicted molar refractivity (Wildman–Crippen MR) is 101 cm³/mol. The van der Waals surface area contributed by atoms with Gasteiger partial charge in [-0.2, -0.15) is 4.31 Å². The van der Waals surface area contributed by atoms with Crippen LogP contribution in [0.1, 0.15) is 26.2 Å². The Morgan fingerprint density at radius 1 is 1.15 bits per heavy atom. The second-order valence-corrected chi connectivity index (χ2v) is 9.44. The molecule has 0 radical (unpaired) electrons. The van der Waals surface area contributed by atoms with Crippen LogP contribution in [0.5, 0.6) is 0 Å².